The summed E-state index contributed by atoms with van der Waals surface area (Å²) in [6.07, 6.45) is -9.81. The van der Waals surface area contributed by atoms with Gasteiger partial charge in [0.05, 0.1) is 11.1 Å². The van der Waals surface area contributed by atoms with Crippen LogP contribution in [0.4, 0.5) is 30.7 Å². The third-order valence-corrected chi connectivity index (χ3v) is 1.95. The molecule has 0 amide bonds. The normalized spacial score (nSPS) is 12.9. The molecule has 0 spiro atoms. The van der Waals surface area contributed by atoms with Gasteiger partial charge in [-0.2, -0.15) is 31.8 Å². The Morgan fingerprint density at radius 2 is 1.12 bits per heavy atom. The first-order valence-electron chi connectivity index (χ1n) is 4.24. The summed E-state index contributed by atoms with van der Waals surface area (Å²) in [4.78, 5) is 0. The molecule has 16 heavy (non-hydrogen) atoms. The molecule has 0 aromatic heterocycles. The van der Waals surface area contributed by atoms with E-state index in [4.69, 9.17) is 0 Å². The highest BCUT2D eigenvalue weighted by atomic mass is 19.4. The summed E-state index contributed by atoms with van der Waals surface area (Å²) in [5, 5.41) is 0. The van der Waals surface area contributed by atoms with E-state index in [1.54, 1.807) is 0 Å². The molecule has 1 aromatic rings. The Morgan fingerprint density at radius 3 is 1.38 bits per heavy atom. The summed E-state index contributed by atoms with van der Waals surface area (Å²) >= 11 is 0. The minimum atomic E-state index is -4.91. The molecule has 0 radical (unpaired) electrons. The van der Waals surface area contributed by atoms with Gasteiger partial charge < -0.3 is 4.32 Å². The molecule has 0 saturated heterocycles. The Morgan fingerprint density at radius 1 is 0.750 bits per heavy atom. The number of hydrogen-bond donors (Lipinski definition) is 0. The van der Waals surface area contributed by atoms with E-state index in [0.29, 0.717) is 12.1 Å². The average Bonchev–Trinajstić information content (AvgIpc) is 2.14. The molecule has 0 aliphatic carbocycles. The van der Waals surface area contributed by atoms with Gasteiger partial charge in [0.1, 0.15) is 0 Å². The van der Waals surface area contributed by atoms with Crippen molar-refractivity contribution in [3.63, 3.8) is 0 Å². The predicted molar refractivity (Wildman–Crippen MR) is 45.7 cm³/mol. The maximum Gasteiger partial charge on any atom is 0.416 e. The molecule has 90 valence electrons. The molecule has 0 N–H and O–H groups in total. The number of hydrogen-bond acceptors (Lipinski definition) is 0. The van der Waals surface area contributed by atoms with Gasteiger partial charge in [-0.15, -0.1) is 0 Å². The van der Waals surface area contributed by atoms with E-state index >= 15 is 0 Å². The molecule has 0 atom stereocenters. The molecule has 0 aliphatic rings. The lowest BCUT2D eigenvalue weighted by molar-refractivity contribution is -0.142. The first-order chi connectivity index (χ1) is 7.14. The molecular weight excluding hydrogens is 240 g/mol. The standard InChI is InChI=1S/C8H5BF7/c10-7(11,12)4-1-5(8(13,14)15)3-6(2-4)9-16/h1-3H,9H2/q-1. The Hall–Kier alpha value is -1.21. The van der Waals surface area contributed by atoms with Crippen molar-refractivity contribution >= 4 is 13.0 Å². The smallest absolute Gasteiger partial charge is 0.416 e. The highest BCUT2D eigenvalue weighted by Gasteiger charge is 2.36. The molecular formula is C8H5BF7-. The van der Waals surface area contributed by atoms with Gasteiger partial charge in [-0.05, 0) is 6.07 Å². The first-order valence-corrected chi connectivity index (χ1v) is 4.24. The summed E-state index contributed by atoms with van der Waals surface area (Å²) in [6, 6.07) is 0.801. The van der Waals surface area contributed by atoms with Crippen LogP contribution in [-0.2, 0) is 12.4 Å². The van der Waals surface area contributed by atoms with Crippen molar-refractivity contribution in [3.8, 4) is 0 Å². The lowest BCUT2D eigenvalue weighted by Crippen LogP contribution is -2.19. The number of halogens is 7. The fourth-order valence-corrected chi connectivity index (χ4v) is 1.22. The maximum absolute atomic E-state index is 12.3. The molecule has 8 heteroatoms. The third kappa shape index (κ3) is 2.90. The molecule has 0 unspecified atom stereocenters. The van der Waals surface area contributed by atoms with Crippen LogP contribution in [-0.4, -0.2) is 7.56 Å². The zero-order chi connectivity index (χ0) is 12.6. The maximum atomic E-state index is 12.3. The molecule has 0 nitrogen and oxygen atoms in total. The highest BCUT2D eigenvalue weighted by molar-refractivity contribution is 6.46. The van der Waals surface area contributed by atoms with Gasteiger partial charge in [0, 0.05) is 0 Å². The molecule has 0 saturated carbocycles. The van der Waals surface area contributed by atoms with Crippen LogP contribution in [0, 0.1) is 0 Å². The van der Waals surface area contributed by atoms with Crippen LogP contribution >= 0.6 is 0 Å². The van der Waals surface area contributed by atoms with E-state index in [-0.39, 0.29) is 6.07 Å². The summed E-state index contributed by atoms with van der Waals surface area (Å²) in [5.74, 6) is 0. The SMILES string of the molecule is F[BH2-]c1cc(C(F)(F)F)cc(C(F)(F)F)c1. The first kappa shape index (κ1) is 12.9. The van der Waals surface area contributed by atoms with Crippen molar-refractivity contribution < 1.29 is 30.7 Å². The van der Waals surface area contributed by atoms with Crippen molar-refractivity contribution in [1.82, 2.24) is 0 Å². The largest absolute Gasteiger partial charge is 0.520 e. The van der Waals surface area contributed by atoms with E-state index in [2.05, 4.69) is 0 Å². The molecule has 0 bridgehead atoms. The minimum absolute atomic E-state index is 0.0225. The van der Waals surface area contributed by atoms with E-state index in [1.807, 2.05) is 0 Å². The molecule has 0 heterocycles. The average molecular weight is 245 g/mol. The molecule has 1 rings (SSSR count). The van der Waals surface area contributed by atoms with Crippen LogP contribution in [0.15, 0.2) is 18.2 Å². The van der Waals surface area contributed by atoms with E-state index < -0.39 is 36.5 Å². The van der Waals surface area contributed by atoms with Gasteiger partial charge in [-0.25, -0.2) is 0 Å². The zero-order valence-corrected chi connectivity index (χ0v) is 7.88. The van der Waals surface area contributed by atoms with E-state index in [0.717, 1.165) is 0 Å². The molecule has 0 aliphatic heterocycles. The van der Waals surface area contributed by atoms with Gasteiger partial charge in [-0.3, -0.25) is 0 Å². The monoisotopic (exact) mass is 245 g/mol. The number of alkyl halides is 6. The fourth-order valence-electron chi connectivity index (χ4n) is 1.22. The van der Waals surface area contributed by atoms with Gasteiger partial charge in [0.2, 0.25) is 0 Å². The van der Waals surface area contributed by atoms with Crippen molar-refractivity contribution in [1.29, 1.82) is 0 Å². The minimum Gasteiger partial charge on any atom is -0.520 e. The van der Waals surface area contributed by atoms with E-state index in [9.17, 15) is 30.7 Å². The number of rotatable bonds is 1. The van der Waals surface area contributed by atoms with Crippen LogP contribution in [0.25, 0.3) is 0 Å². The highest BCUT2D eigenvalue weighted by Crippen LogP contribution is 2.34. The van der Waals surface area contributed by atoms with Crippen molar-refractivity contribution in [2.24, 2.45) is 0 Å². The summed E-state index contributed by atoms with van der Waals surface area (Å²) in [6.45, 7) is 0. The van der Waals surface area contributed by atoms with Gasteiger partial charge >= 0.3 is 12.4 Å². The fraction of sp³-hybridized carbons (Fsp3) is 0.250. The van der Waals surface area contributed by atoms with Crippen molar-refractivity contribution in [3.05, 3.63) is 29.3 Å². The Balaban J connectivity index is 3.33. The zero-order valence-electron chi connectivity index (χ0n) is 7.88. The van der Waals surface area contributed by atoms with Crippen LogP contribution in [0.5, 0.6) is 0 Å². The lowest BCUT2D eigenvalue weighted by Gasteiger charge is -2.14. The summed E-state index contributed by atoms with van der Waals surface area (Å²) < 4.78 is 85.4. The lowest BCUT2D eigenvalue weighted by atomic mass is 9.88. The third-order valence-electron chi connectivity index (χ3n) is 1.95. The van der Waals surface area contributed by atoms with Crippen LogP contribution in [0.2, 0.25) is 0 Å². The van der Waals surface area contributed by atoms with E-state index in [1.165, 1.54) is 0 Å². The Kier molecular flexibility index (Phi) is 3.21. The Labute approximate surface area is 86.4 Å². The topological polar surface area (TPSA) is 0 Å². The van der Waals surface area contributed by atoms with Crippen molar-refractivity contribution in [2.45, 2.75) is 12.4 Å². The predicted octanol–water partition coefficient (Wildman–Crippen LogP) is 2.40. The second kappa shape index (κ2) is 3.99. The molecule has 1 aromatic carbocycles. The number of benzene rings is 1. The molecule has 0 fully saturated rings. The Bertz CT molecular complexity index is 347. The van der Waals surface area contributed by atoms with Crippen LogP contribution in [0.3, 0.4) is 0 Å². The van der Waals surface area contributed by atoms with Crippen molar-refractivity contribution in [2.75, 3.05) is 0 Å². The van der Waals surface area contributed by atoms with Gasteiger partial charge in [0.15, 0.2) is 7.56 Å². The second-order valence-corrected chi connectivity index (χ2v) is 3.27. The van der Waals surface area contributed by atoms with Gasteiger partial charge in [-0.1, -0.05) is 12.1 Å². The van der Waals surface area contributed by atoms with Crippen LogP contribution in [0.1, 0.15) is 11.1 Å². The summed E-state index contributed by atoms with van der Waals surface area (Å²) in [5.41, 5.74) is -3.47. The quantitative estimate of drug-likeness (QED) is 0.526. The second-order valence-electron chi connectivity index (χ2n) is 3.27. The van der Waals surface area contributed by atoms with Crippen LogP contribution < -0.4 is 5.46 Å². The summed E-state index contributed by atoms with van der Waals surface area (Å²) in [7, 11) is -2.45. The van der Waals surface area contributed by atoms with Gasteiger partial charge in [0.25, 0.3) is 0 Å².